The summed E-state index contributed by atoms with van der Waals surface area (Å²) in [6.45, 7) is 8.54. The van der Waals surface area contributed by atoms with E-state index in [4.69, 9.17) is 10.5 Å². The second kappa shape index (κ2) is 5.97. The molecule has 78 valence electrons. The van der Waals surface area contributed by atoms with Gasteiger partial charge in [0.15, 0.2) is 0 Å². The van der Waals surface area contributed by atoms with Gasteiger partial charge in [-0.1, -0.05) is 27.7 Å². The van der Waals surface area contributed by atoms with Crippen LogP contribution in [-0.2, 0) is 9.53 Å². The first-order valence-electron chi connectivity index (χ1n) is 4.85. The van der Waals surface area contributed by atoms with Gasteiger partial charge in [0.05, 0.1) is 6.61 Å². The monoisotopic (exact) mass is 187 g/mol. The molecule has 0 aromatic rings. The number of esters is 1. The molecule has 0 aliphatic rings. The van der Waals surface area contributed by atoms with Crippen molar-refractivity contribution in [1.29, 1.82) is 0 Å². The molecule has 0 saturated carbocycles. The summed E-state index contributed by atoms with van der Waals surface area (Å²) in [5.41, 5.74) is 5.63. The fourth-order valence-corrected chi connectivity index (χ4v) is 0.960. The van der Waals surface area contributed by atoms with E-state index in [9.17, 15) is 4.79 Å². The predicted octanol–water partition coefficient (Wildman–Crippen LogP) is 1.56. The maximum Gasteiger partial charge on any atom is 0.322 e. The highest BCUT2D eigenvalue weighted by molar-refractivity contribution is 5.75. The second-order valence-corrected chi connectivity index (χ2v) is 4.26. The number of nitrogens with two attached hydrogens (primary N) is 1. The van der Waals surface area contributed by atoms with E-state index in [-0.39, 0.29) is 5.97 Å². The molecule has 0 saturated heterocycles. The first-order valence-corrected chi connectivity index (χ1v) is 4.85. The average Bonchev–Trinajstić information content (AvgIpc) is 1.98. The Hall–Kier alpha value is -0.570. The maximum atomic E-state index is 11.2. The minimum atomic E-state index is -0.459. The molecule has 0 spiro atoms. The van der Waals surface area contributed by atoms with Crippen molar-refractivity contribution >= 4 is 5.97 Å². The third-order valence-corrected chi connectivity index (χ3v) is 1.59. The zero-order valence-electron chi connectivity index (χ0n) is 9.04. The van der Waals surface area contributed by atoms with Crippen LogP contribution < -0.4 is 5.73 Å². The van der Waals surface area contributed by atoms with Crippen LogP contribution in [0.2, 0.25) is 0 Å². The molecule has 0 rings (SSSR count). The lowest BCUT2D eigenvalue weighted by Gasteiger charge is -2.14. The highest BCUT2D eigenvalue weighted by Gasteiger charge is 2.16. The van der Waals surface area contributed by atoms with Crippen LogP contribution in [0.1, 0.15) is 34.1 Å². The third kappa shape index (κ3) is 6.58. The molecule has 0 aromatic heterocycles. The molecule has 0 radical (unpaired) electrons. The molecule has 3 nitrogen and oxygen atoms in total. The number of hydrogen-bond acceptors (Lipinski definition) is 3. The zero-order chi connectivity index (χ0) is 10.4. The van der Waals surface area contributed by atoms with Gasteiger partial charge in [0.25, 0.3) is 0 Å². The van der Waals surface area contributed by atoms with Crippen LogP contribution in [0.3, 0.4) is 0 Å². The van der Waals surface area contributed by atoms with E-state index in [2.05, 4.69) is 0 Å². The summed E-state index contributed by atoms with van der Waals surface area (Å²) in [5.74, 6) is 0.527. The molecule has 0 aliphatic carbocycles. The van der Waals surface area contributed by atoms with Crippen molar-refractivity contribution in [3.05, 3.63) is 0 Å². The van der Waals surface area contributed by atoms with Gasteiger partial charge in [0, 0.05) is 0 Å². The van der Waals surface area contributed by atoms with Crippen LogP contribution in [0, 0.1) is 11.8 Å². The van der Waals surface area contributed by atoms with Crippen molar-refractivity contribution in [1.82, 2.24) is 0 Å². The SMILES string of the molecule is CC(C)COC(=O)[C@@H](N)CC(C)C. The fraction of sp³-hybridized carbons (Fsp3) is 0.900. The van der Waals surface area contributed by atoms with Gasteiger partial charge < -0.3 is 10.5 Å². The number of rotatable bonds is 5. The second-order valence-electron chi connectivity index (χ2n) is 4.26. The lowest BCUT2D eigenvalue weighted by Crippen LogP contribution is -2.34. The van der Waals surface area contributed by atoms with Gasteiger partial charge in [0.1, 0.15) is 6.04 Å². The maximum absolute atomic E-state index is 11.2. The Morgan fingerprint density at radius 2 is 1.77 bits per heavy atom. The van der Waals surface area contributed by atoms with E-state index in [1.165, 1.54) is 0 Å². The quantitative estimate of drug-likeness (QED) is 0.664. The Bertz CT molecular complexity index is 155. The van der Waals surface area contributed by atoms with Crippen LogP contribution in [0.4, 0.5) is 0 Å². The Labute approximate surface area is 80.6 Å². The molecule has 2 N–H and O–H groups in total. The van der Waals surface area contributed by atoms with Gasteiger partial charge in [-0.3, -0.25) is 4.79 Å². The lowest BCUT2D eigenvalue weighted by molar-refractivity contribution is -0.146. The summed E-state index contributed by atoms with van der Waals surface area (Å²) in [7, 11) is 0. The highest BCUT2D eigenvalue weighted by atomic mass is 16.5. The largest absolute Gasteiger partial charge is 0.464 e. The van der Waals surface area contributed by atoms with Gasteiger partial charge in [0.2, 0.25) is 0 Å². The first-order chi connectivity index (χ1) is 5.93. The van der Waals surface area contributed by atoms with Gasteiger partial charge >= 0.3 is 5.97 Å². The summed E-state index contributed by atoms with van der Waals surface area (Å²) < 4.78 is 5.00. The van der Waals surface area contributed by atoms with Crippen LogP contribution in [-0.4, -0.2) is 18.6 Å². The van der Waals surface area contributed by atoms with Crippen molar-refractivity contribution in [2.45, 2.75) is 40.2 Å². The summed E-state index contributed by atoms with van der Waals surface area (Å²) in [5, 5.41) is 0. The van der Waals surface area contributed by atoms with Crippen LogP contribution in [0.15, 0.2) is 0 Å². The van der Waals surface area contributed by atoms with Crippen molar-refractivity contribution < 1.29 is 9.53 Å². The number of hydrogen-bond donors (Lipinski definition) is 1. The van der Waals surface area contributed by atoms with Crippen molar-refractivity contribution in [2.24, 2.45) is 17.6 Å². The molecule has 0 fully saturated rings. The predicted molar refractivity (Wildman–Crippen MR) is 53.2 cm³/mol. The molecular formula is C10H21NO2. The number of carbonyl (C=O) groups is 1. The Balaban J connectivity index is 3.69. The average molecular weight is 187 g/mol. The molecule has 0 amide bonds. The number of ether oxygens (including phenoxy) is 1. The molecule has 0 bridgehead atoms. The topological polar surface area (TPSA) is 52.3 Å². The molecule has 0 unspecified atom stereocenters. The Morgan fingerprint density at radius 1 is 1.23 bits per heavy atom. The van der Waals surface area contributed by atoms with E-state index in [0.29, 0.717) is 24.9 Å². The van der Waals surface area contributed by atoms with E-state index in [1.807, 2.05) is 27.7 Å². The Kier molecular flexibility index (Phi) is 5.71. The summed E-state index contributed by atoms with van der Waals surface area (Å²) in [6, 6.07) is -0.459. The fourth-order valence-electron chi connectivity index (χ4n) is 0.960. The Morgan fingerprint density at radius 3 is 2.15 bits per heavy atom. The van der Waals surface area contributed by atoms with Crippen LogP contribution >= 0.6 is 0 Å². The van der Waals surface area contributed by atoms with E-state index >= 15 is 0 Å². The number of carbonyl (C=O) groups excluding carboxylic acids is 1. The third-order valence-electron chi connectivity index (χ3n) is 1.59. The summed E-state index contributed by atoms with van der Waals surface area (Å²) >= 11 is 0. The van der Waals surface area contributed by atoms with Crippen LogP contribution in [0.5, 0.6) is 0 Å². The molecular weight excluding hydrogens is 166 g/mol. The minimum absolute atomic E-state index is 0.276. The minimum Gasteiger partial charge on any atom is -0.464 e. The molecule has 1 atom stereocenters. The zero-order valence-corrected chi connectivity index (χ0v) is 9.04. The van der Waals surface area contributed by atoms with E-state index in [0.717, 1.165) is 0 Å². The van der Waals surface area contributed by atoms with Crippen molar-refractivity contribution in [3.63, 3.8) is 0 Å². The van der Waals surface area contributed by atoms with Crippen molar-refractivity contribution in [3.8, 4) is 0 Å². The standard InChI is InChI=1S/C10H21NO2/c1-7(2)5-9(11)10(12)13-6-8(3)4/h7-9H,5-6,11H2,1-4H3/t9-/m0/s1. The summed E-state index contributed by atoms with van der Waals surface area (Å²) in [4.78, 5) is 11.2. The van der Waals surface area contributed by atoms with Gasteiger partial charge in [-0.05, 0) is 18.3 Å². The molecule has 0 aromatic carbocycles. The lowest BCUT2D eigenvalue weighted by atomic mass is 10.1. The van der Waals surface area contributed by atoms with Gasteiger partial charge in [-0.25, -0.2) is 0 Å². The first kappa shape index (κ1) is 12.4. The van der Waals surface area contributed by atoms with Gasteiger partial charge in [-0.15, -0.1) is 0 Å². The molecule has 0 aliphatic heterocycles. The molecule has 3 heteroatoms. The normalized spacial score (nSPS) is 13.5. The smallest absolute Gasteiger partial charge is 0.322 e. The molecule has 0 heterocycles. The van der Waals surface area contributed by atoms with Crippen molar-refractivity contribution in [2.75, 3.05) is 6.61 Å². The summed E-state index contributed by atoms with van der Waals surface area (Å²) in [6.07, 6.45) is 0.691. The van der Waals surface area contributed by atoms with Gasteiger partial charge in [-0.2, -0.15) is 0 Å². The van der Waals surface area contributed by atoms with Crippen LogP contribution in [0.25, 0.3) is 0 Å². The van der Waals surface area contributed by atoms with E-state index < -0.39 is 6.04 Å². The van der Waals surface area contributed by atoms with E-state index in [1.54, 1.807) is 0 Å². The molecule has 13 heavy (non-hydrogen) atoms. The highest BCUT2D eigenvalue weighted by Crippen LogP contribution is 2.04.